The van der Waals surface area contributed by atoms with Gasteiger partial charge in [0.15, 0.2) is 5.69 Å². The first-order valence-electron chi connectivity index (χ1n) is 7.21. The predicted molar refractivity (Wildman–Crippen MR) is 83.2 cm³/mol. The van der Waals surface area contributed by atoms with Gasteiger partial charge in [-0.15, -0.1) is 0 Å². The summed E-state index contributed by atoms with van der Waals surface area (Å²) in [5, 5.41) is 11.1. The maximum atomic E-state index is 12.0. The van der Waals surface area contributed by atoms with E-state index in [9.17, 15) is 4.79 Å². The van der Waals surface area contributed by atoms with Crippen LogP contribution in [0.25, 0.3) is 0 Å². The highest BCUT2D eigenvalue weighted by molar-refractivity contribution is 6.00. The Morgan fingerprint density at radius 3 is 2.73 bits per heavy atom. The van der Waals surface area contributed by atoms with Gasteiger partial charge in [-0.3, -0.25) is 9.89 Å². The van der Waals surface area contributed by atoms with Crippen LogP contribution in [0.1, 0.15) is 47.4 Å². The quantitative estimate of drug-likeness (QED) is 0.657. The number of carbonyl (C=O) groups is 1. The molecule has 1 aliphatic carbocycles. The SMILES string of the molecule is COc1ccc(C(C)=NNC(=O)c2cc(C3CC3)[nH]n2)cc1. The second kappa shape index (κ2) is 6.01. The zero-order valence-corrected chi connectivity index (χ0v) is 12.6. The Morgan fingerprint density at radius 2 is 2.09 bits per heavy atom. The van der Waals surface area contributed by atoms with Crippen LogP contribution in [0.2, 0.25) is 0 Å². The summed E-state index contributed by atoms with van der Waals surface area (Å²) in [4.78, 5) is 12.0. The Hall–Kier alpha value is -2.63. The fourth-order valence-electron chi connectivity index (χ4n) is 2.15. The van der Waals surface area contributed by atoms with E-state index in [-0.39, 0.29) is 5.91 Å². The molecule has 6 nitrogen and oxygen atoms in total. The van der Waals surface area contributed by atoms with Crippen molar-refractivity contribution in [2.45, 2.75) is 25.7 Å². The lowest BCUT2D eigenvalue weighted by molar-refractivity contribution is 0.0950. The van der Waals surface area contributed by atoms with Crippen molar-refractivity contribution < 1.29 is 9.53 Å². The van der Waals surface area contributed by atoms with Crippen LogP contribution in [-0.2, 0) is 0 Å². The molecule has 6 heteroatoms. The number of nitrogens with zero attached hydrogens (tertiary/aromatic N) is 2. The van der Waals surface area contributed by atoms with Crippen LogP contribution in [0.4, 0.5) is 0 Å². The summed E-state index contributed by atoms with van der Waals surface area (Å²) in [7, 11) is 1.62. The van der Waals surface area contributed by atoms with Gasteiger partial charge in [-0.1, -0.05) is 0 Å². The summed E-state index contributed by atoms with van der Waals surface area (Å²) >= 11 is 0. The van der Waals surface area contributed by atoms with Gasteiger partial charge in [0.1, 0.15) is 5.75 Å². The Bertz CT molecular complexity index is 699. The minimum absolute atomic E-state index is 0.309. The topological polar surface area (TPSA) is 79.4 Å². The Morgan fingerprint density at radius 1 is 1.36 bits per heavy atom. The molecule has 1 saturated carbocycles. The standard InChI is InChI=1S/C16H18N4O2/c1-10(11-5-7-13(22-2)8-6-11)17-20-16(21)15-9-14(18-19-15)12-3-4-12/h5-9,12H,3-4H2,1-2H3,(H,18,19)(H,20,21). The van der Waals surface area contributed by atoms with E-state index >= 15 is 0 Å². The molecule has 1 amide bonds. The van der Waals surface area contributed by atoms with Gasteiger partial charge in [-0.2, -0.15) is 10.2 Å². The minimum Gasteiger partial charge on any atom is -0.497 e. The second-order valence-corrected chi connectivity index (χ2v) is 5.35. The first kappa shape index (κ1) is 14.3. The molecule has 0 bridgehead atoms. The van der Waals surface area contributed by atoms with Crippen LogP contribution in [0.3, 0.4) is 0 Å². The maximum absolute atomic E-state index is 12.0. The van der Waals surface area contributed by atoms with Crippen LogP contribution in [0.5, 0.6) is 5.75 Å². The molecule has 2 N–H and O–H groups in total. The summed E-state index contributed by atoms with van der Waals surface area (Å²) in [6.07, 6.45) is 2.33. The molecule has 2 aromatic rings. The largest absolute Gasteiger partial charge is 0.497 e. The number of amides is 1. The van der Waals surface area contributed by atoms with Gasteiger partial charge in [0.05, 0.1) is 12.8 Å². The average Bonchev–Trinajstić information content (AvgIpc) is 3.29. The van der Waals surface area contributed by atoms with Crippen molar-refractivity contribution in [3.05, 3.63) is 47.3 Å². The van der Waals surface area contributed by atoms with Crippen LogP contribution in [0, 0.1) is 0 Å². The third-order valence-corrected chi connectivity index (χ3v) is 3.68. The third-order valence-electron chi connectivity index (χ3n) is 3.68. The molecule has 22 heavy (non-hydrogen) atoms. The Labute approximate surface area is 128 Å². The van der Waals surface area contributed by atoms with Crippen LogP contribution >= 0.6 is 0 Å². The molecule has 0 radical (unpaired) electrons. The molecule has 0 saturated heterocycles. The molecular weight excluding hydrogens is 280 g/mol. The van der Waals surface area contributed by atoms with Gasteiger partial charge in [0, 0.05) is 11.6 Å². The molecule has 1 fully saturated rings. The Balaban J connectivity index is 1.64. The molecule has 114 valence electrons. The predicted octanol–water partition coefficient (Wildman–Crippen LogP) is 2.45. The van der Waals surface area contributed by atoms with Gasteiger partial charge < -0.3 is 4.74 Å². The fourth-order valence-corrected chi connectivity index (χ4v) is 2.15. The van der Waals surface area contributed by atoms with Gasteiger partial charge in [-0.05, 0) is 55.7 Å². The number of hydrogen-bond donors (Lipinski definition) is 2. The molecule has 0 spiro atoms. The van der Waals surface area contributed by atoms with Crippen LogP contribution < -0.4 is 10.2 Å². The Kier molecular flexibility index (Phi) is 3.91. The summed E-state index contributed by atoms with van der Waals surface area (Å²) in [6.45, 7) is 1.84. The number of hydrazone groups is 1. The summed E-state index contributed by atoms with van der Waals surface area (Å²) in [6, 6.07) is 9.29. The van der Waals surface area contributed by atoms with E-state index in [0.29, 0.717) is 17.3 Å². The summed E-state index contributed by atoms with van der Waals surface area (Å²) in [5.74, 6) is 1.01. The van der Waals surface area contributed by atoms with E-state index in [0.717, 1.165) is 29.8 Å². The number of nitrogens with one attached hydrogen (secondary N) is 2. The first-order valence-corrected chi connectivity index (χ1v) is 7.21. The number of rotatable bonds is 5. The van der Waals surface area contributed by atoms with Gasteiger partial charge in [-0.25, -0.2) is 5.43 Å². The van der Waals surface area contributed by atoms with Crippen LogP contribution in [-0.4, -0.2) is 28.9 Å². The zero-order chi connectivity index (χ0) is 15.5. The highest BCUT2D eigenvalue weighted by atomic mass is 16.5. The van der Waals surface area contributed by atoms with Gasteiger partial charge in [0.25, 0.3) is 5.91 Å². The lowest BCUT2D eigenvalue weighted by Gasteiger charge is -2.03. The average molecular weight is 298 g/mol. The van der Waals surface area contributed by atoms with Crippen molar-refractivity contribution in [2.75, 3.05) is 7.11 Å². The van der Waals surface area contributed by atoms with E-state index in [4.69, 9.17) is 4.74 Å². The number of carbonyl (C=O) groups excluding carboxylic acids is 1. The molecule has 1 aliphatic rings. The van der Waals surface area contributed by atoms with Crippen molar-refractivity contribution in [3.63, 3.8) is 0 Å². The molecule has 0 aliphatic heterocycles. The van der Waals surface area contributed by atoms with E-state index in [2.05, 4.69) is 20.7 Å². The van der Waals surface area contributed by atoms with Crippen molar-refractivity contribution in [1.29, 1.82) is 0 Å². The number of methoxy groups -OCH3 is 1. The zero-order valence-electron chi connectivity index (χ0n) is 12.6. The monoisotopic (exact) mass is 298 g/mol. The normalized spacial score (nSPS) is 14.7. The van der Waals surface area contributed by atoms with Crippen molar-refractivity contribution in [2.24, 2.45) is 5.10 Å². The third kappa shape index (κ3) is 3.16. The second-order valence-electron chi connectivity index (χ2n) is 5.35. The fraction of sp³-hybridized carbons (Fsp3) is 0.312. The number of benzene rings is 1. The molecule has 0 atom stereocenters. The molecule has 1 heterocycles. The van der Waals surface area contributed by atoms with Crippen molar-refractivity contribution >= 4 is 11.6 Å². The minimum atomic E-state index is -0.309. The number of aromatic nitrogens is 2. The first-order chi connectivity index (χ1) is 10.7. The smallest absolute Gasteiger partial charge is 0.291 e. The van der Waals surface area contributed by atoms with E-state index in [1.807, 2.05) is 31.2 Å². The molecule has 3 rings (SSSR count). The number of aromatic amines is 1. The van der Waals surface area contributed by atoms with E-state index < -0.39 is 0 Å². The van der Waals surface area contributed by atoms with Crippen molar-refractivity contribution in [3.8, 4) is 5.75 Å². The lowest BCUT2D eigenvalue weighted by atomic mass is 10.1. The maximum Gasteiger partial charge on any atom is 0.291 e. The van der Waals surface area contributed by atoms with Gasteiger partial charge in [0.2, 0.25) is 0 Å². The summed E-state index contributed by atoms with van der Waals surface area (Å²) < 4.78 is 5.11. The molecule has 0 unspecified atom stereocenters. The highest BCUT2D eigenvalue weighted by Crippen LogP contribution is 2.38. The highest BCUT2D eigenvalue weighted by Gasteiger charge is 2.26. The van der Waals surface area contributed by atoms with Gasteiger partial charge >= 0.3 is 0 Å². The molecule has 1 aromatic heterocycles. The number of hydrogen-bond acceptors (Lipinski definition) is 4. The van der Waals surface area contributed by atoms with Crippen LogP contribution in [0.15, 0.2) is 35.4 Å². The molecular formula is C16H18N4O2. The lowest BCUT2D eigenvalue weighted by Crippen LogP contribution is -2.19. The number of H-pyrrole nitrogens is 1. The van der Waals surface area contributed by atoms with E-state index in [1.54, 1.807) is 13.2 Å². The van der Waals surface area contributed by atoms with Crippen molar-refractivity contribution in [1.82, 2.24) is 15.6 Å². The summed E-state index contributed by atoms with van der Waals surface area (Å²) in [5.41, 5.74) is 5.57. The van der Waals surface area contributed by atoms with E-state index in [1.165, 1.54) is 0 Å². The molecule has 1 aromatic carbocycles. The number of ether oxygens (including phenoxy) is 1.